The summed E-state index contributed by atoms with van der Waals surface area (Å²) in [6, 6.07) is 12.6. The standard InChI is InChI=1S/C18H16N2O3/c1-12(21)13-7-8-18(23-2)14(9-13)11-20-16-6-4-3-5-15(16)17(22)10-19-20/h3-10H,11H2,1-2H3. The van der Waals surface area contributed by atoms with Gasteiger partial charge in [-0.05, 0) is 37.3 Å². The van der Waals surface area contributed by atoms with Crippen molar-refractivity contribution in [2.75, 3.05) is 7.11 Å². The van der Waals surface area contributed by atoms with Crippen LogP contribution in [0.3, 0.4) is 0 Å². The zero-order chi connectivity index (χ0) is 16.4. The van der Waals surface area contributed by atoms with E-state index >= 15 is 0 Å². The lowest BCUT2D eigenvalue weighted by Crippen LogP contribution is -2.13. The van der Waals surface area contributed by atoms with Gasteiger partial charge < -0.3 is 4.74 Å². The molecule has 2 aromatic carbocycles. The number of nitrogens with zero attached hydrogens (tertiary/aromatic N) is 2. The third-order valence-corrected chi connectivity index (χ3v) is 3.77. The Hall–Kier alpha value is -2.95. The summed E-state index contributed by atoms with van der Waals surface area (Å²) in [6.45, 7) is 1.93. The molecule has 0 saturated heterocycles. The first-order chi connectivity index (χ1) is 11.1. The zero-order valence-electron chi connectivity index (χ0n) is 12.9. The molecule has 1 aromatic heterocycles. The van der Waals surface area contributed by atoms with Crippen LogP contribution in [0.5, 0.6) is 5.75 Å². The van der Waals surface area contributed by atoms with E-state index in [2.05, 4.69) is 5.10 Å². The van der Waals surface area contributed by atoms with Gasteiger partial charge in [0.15, 0.2) is 5.78 Å². The quantitative estimate of drug-likeness (QED) is 0.695. The molecule has 0 atom stereocenters. The maximum absolute atomic E-state index is 11.9. The minimum absolute atomic E-state index is 0.00775. The number of para-hydroxylation sites is 1. The fourth-order valence-corrected chi connectivity index (χ4v) is 2.57. The van der Waals surface area contributed by atoms with Crippen molar-refractivity contribution in [3.05, 3.63) is 70.0 Å². The molecule has 23 heavy (non-hydrogen) atoms. The molecule has 0 spiro atoms. The van der Waals surface area contributed by atoms with Crippen LogP contribution >= 0.6 is 0 Å². The van der Waals surface area contributed by atoms with Crippen LogP contribution in [0.25, 0.3) is 10.9 Å². The number of hydrogen-bond donors (Lipinski definition) is 0. The van der Waals surface area contributed by atoms with Crippen LogP contribution in [-0.2, 0) is 6.54 Å². The summed E-state index contributed by atoms with van der Waals surface area (Å²) in [5.41, 5.74) is 2.09. The van der Waals surface area contributed by atoms with Crippen molar-refractivity contribution in [3.8, 4) is 5.75 Å². The Balaban J connectivity index is 2.12. The van der Waals surface area contributed by atoms with E-state index < -0.39 is 0 Å². The molecule has 0 aliphatic carbocycles. The van der Waals surface area contributed by atoms with Gasteiger partial charge in [-0.25, -0.2) is 0 Å². The number of hydrogen-bond acceptors (Lipinski definition) is 4. The fraction of sp³-hybridized carbons (Fsp3) is 0.167. The molecule has 116 valence electrons. The highest BCUT2D eigenvalue weighted by atomic mass is 16.5. The highest BCUT2D eigenvalue weighted by molar-refractivity contribution is 5.94. The molecule has 0 radical (unpaired) electrons. The number of carbonyl (C=O) groups is 1. The number of ketones is 1. The van der Waals surface area contributed by atoms with Gasteiger partial charge in [0.1, 0.15) is 5.75 Å². The van der Waals surface area contributed by atoms with Crippen molar-refractivity contribution >= 4 is 16.7 Å². The molecule has 0 aliphatic rings. The van der Waals surface area contributed by atoms with Crippen LogP contribution in [0.15, 0.2) is 53.5 Å². The summed E-state index contributed by atoms with van der Waals surface area (Å²) in [4.78, 5) is 23.5. The van der Waals surface area contributed by atoms with Gasteiger partial charge in [0, 0.05) is 16.5 Å². The normalized spacial score (nSPS) is 10.7. The molecule has 1 heterocycles. The Morgan fingerprint density at radius 2 is 2.00 bits per heavy atom. The Bertz CT molecular complexity index is 944. The largest absolute Gasteiger partial charge is 0.496 e. The minimum atomic E-state index is -0.110. The lowest BCUT2D eigenvalue weighted by Gasteiger charge is -2.13. The average molecular weight is 308 g/mol. The van der Waals surface area contributed by atoms with Gasteiger partial charge in [0.25, 0.3) is 0 Å². The maximum Gasteiger partial charge on any atom is 0.207 e. The second-order valence-electron chi connectivity index (χ2n) is 5.27. The van der Waals surface area contributed by atoms with E-state index in [1.54, 1.807) is 36.1 Å². The number of rotatable bonds is 4. The highest BCUT2D eigenvalue weighted by Crippen LogP contribution is 2.22. The molecule has 0 N–H and O–H groups in total. The van der Waals surface area contributed by atoms with Crippen LogP contribution in [0.2, 0.25) is 0 Å². The molecule has 0 aliphatic heterocycles. The second kappa shape index (κ2) is 6.04. The van der Waals surface area contributed by atoms with Gasteiger partial charge in [-0.3, -0.25) is 14.3 Å². The van der Waals surface area contributed by atoms with Gasteiger partial charge in [-0.2, -0.15) is 5.10 Å². The Labute approximate surface area is 133 Å². The van der Waals surface area contributed by atoms with Gasteiger partial charge in [-0.15, -0.1) is 0 Å². The third-order valence-electron chi connectivity index (χ3n) is 3.77. The Morgan fingerprint density at radius 1 is 1.22 bits per heavy atom. The van der Waals surface area contributed by atoms with E-state index in [0.29, 0.717) is 23.2 Å². The molecule has 0 saturated carbocycles. The lowest BCUT2D eigenvalue weighted by molar-refractivity contribution is 0.101. The molecule has 3 aromatic rings. The molecule has 0 amide bonds. The number of ether oxygens (including phenoxy) is 1. The zero-order valence-corrected chi connectivity index (χ0v) is 12.9. The molecule has 0 unspecified atom stereocenters. The number of fused-ring (bicyclic) bond motifs is 1. The van der Waals surface area contributed by atoms with Crippen LogP contribution in [0, 0.1) is 0 Å². The van der Waals surface area contributed by atoms with Crippen LogP contribution in [0.4, 0.5) is 0 Å². The SMILES string of the molecule is COc1ccc(C(C)=O)cc1Cn1ncc(=O)c2ccccc21. The Kier molecular flexibility index (Phi) is 3.93. The van der Waals surface area contributed by atoms with Crippen molar-refractivity contribution in [2.24, 2.45) is 0 Å². The van der Waals surface area contributed by atoms with Crippen molar-refractivity contribution in [3.63, 3.8) is 0 Å². The predicted molar refractivity (Wildman–Crippen MR) is 88.1 cm³/mol. The summed E-state index contributed by atoms with van der Waals surface area (Å²) in [7, 11) is 1.59. The van der Waals surface area contributed by atoms with Gasteiger partial charge in [0.2, 0.25) is 5.43 Å². The first-order valence-corrected chi connectivity index (χ1v) is 7.23. The summed E-state index contributed by atoms with van der Waals surface area (Å²) in [5.74, 6) is 0.672. The summed E-state index contributed by atoms with van der Waals surface area (Å²) in [6.07, 6.45) is 1.31. The van der Waals surface area contributed by atoms with Crippen molar-refractivity contribution < 1.29 is 9.53 Å². The smallest absolute Gasteiger partial charge is 0.207 e. The lowest BCUT2D eigenvalue weighted by atomic mass is 10.1. The first kappa shape index (κ1) is 15.0. The van der Waals surface area contributed by atoms with Gasteiger partial charge in [-0.1, -0.05) is 12.1 Å². The summed E-state index contributed by atoms with van der Waals surface area (Å²) < 4.78 is 7.11. The Morgan fingerprint density at radius 3 is 2.74 bits per heavy atom. The van der Waals surface area contributed by atoms with Gasteiger partial charge >= 0.3 is 0 Å². The van der Waals surface area contributed by atoms with Crippen LogP contribution in [0.1, 0.15) is 22.8 Å². The van der Waals surface area contributed by atoms with Crippen molar-refractivity contribution in [1.29, 1.82) is 0 Å². The highest BCUT2D eigenvalue weighted by Gasteiger charge is 2.10. The number of carbonyl (C=O) groups excluding carboxylic acids is 1. The van der Waals surface area contributed by atoms with E-state index in [4.69, 9.17) is 4.74 Å². The topological polar surface area (TPSA) is 61.2 Å². The number of benzene rings is 2. The monoisotopic (exact) mass is 308 g/mol. The molecule has 3 rings (SSSR count). The summed E-state index contributed by atoms with van der Waals surface area (Å²) >= 11 is 0. The van der Waals surface area contributed by atoms with Crippen LogP contribution < -0.4 is 10.2 Å². The fourth-order valence-electron chi connectivity index (χ4n) is 2.57. The van der Waals surface area contributed by atoms with Crippen molar-refractivity contribution in [1.82, 2.24) is 9.78 Å². The number of methoxy groups -OCH3 is 1. The van der Waals surface area contributed by atoms with Crippen molar-refractivity contribution in [2.45, 2.75) is 13.5 Å². The predicted octanol–water partition coefficient (Wildman–Crippen LogP) is 2.66. The number of Topliss-reactive ketones (excluding diaryl/α,β-unsaturated/α-hetero) is 1. The van der Waals surface area contributed by atoms with Gasteiger partial charge in [0.05, 0.1) is 25.4 Å². The maximum atomic E-state index is 11.9. The van der Waals surface area contributed by atoms with E-state index in [-0.39, 0.29) is 11.2 Å². The second-order valence-corrected chi connectivity index (χ2v) is 5.27. The first-order valence-electron chi connectivity index (χ1n) is 7.23. The molecular formula is C18H16N2O3. The molecule has 0 bridgehead atoms. The molecule has 0 fully saturated rings. The molecule has 5 nitrogen and oxygen atoms in total. The molecule has 5 heteroatoms. The third kappa shape index (κ3) is 2.85. The van der Waals surface area contributed by atoms with Crippen LogP contribution in [-0.4, -0.2) is 22.7 Å². The van der Waals surface area contributed by atoms with E-state index in [9.17, 15) is 9.59 Å². The average Bonchev–Trinajstić information content (AvgIpc) is 2.57. The summed E-state index contributed by atoms with van der Waals surface area (Å²) in [5, 5.41) is 4.83. The van der Waals surface area contributed by atoms with E-state index in [1.165, 1.54) is 13.1 Å². The number of aromatic nitrogens is 2. The van der Waals surface area contributed by atoms with E-state index in [0.717, 1.165) is 11.1 Å². The minimum Gasteiger partial charge on any atom is -0.496 e. The van der Waals surface area contributed by atoms with E-state index in [1.807, 2.05) is 18.2 Å². The molecular weight excluding hydrogens is 292 g/mol.